The second-order valence-electron chi connectivity index (χ2n) is 12.5. The molecule has 5 nitrogen and oxygen atoms in total. The van der Waals surface area contributed by atoms with E-state index in [2.05, 4.69) is 45.6 Å². The van der Waals surface area contributed by atoms with E-state index in [1.54, 1.807) is 11.8 Å². The fraction of sp³-hybridized carbons (Fsp3) is 0.389. The number of pyridine rings is 1. The number of rotatable bonds is 8. The van der Waals surface area contributed by atoms with Crippen LogP contribution < -0.4 is 5.32 Å². The topological polar surface area (TPSA) is 48.5 Å². The van der Waals surface area contributed by atoms with Crippen LogP contribution in [-0.4, -0.2) is 59.2 Å². The second kappa shape index (κ2) is 12.6. The number of aromatic nitrogens is 1. The molecule has 0 bridgehead atoms. The number of fused-ring (bicyclic) bond motifs is 1. The zero-order chi connectivity index (χ0) is 30.3. The summed E-state index contributed by atoms with van der Waals surface area (Å²) in [4.78, 5) is 26.2. The van der Waals surface area contributed by atoms with Crippen molar-refractivity contribution in [1.82, 2.24) is 20.1 Å². The van der Waals surface area contributed by atoms with Gasteiger partial charge in [-0.2, -0.15) is 0 Å². The summed E-state index contributed by atoms with van der Waals surface area (Å²) in [6.07, 6.45) is 8.87. The minimum Gasteiger partial charge on any atom is -0.342 e. The van der Waals surface area contributed by atoms with Crippen molar-refractivity contribution in [3.63, 3.8) is 0 Å². The van der Waals surface area contributed by atoms with Crippen molar-refractivity contribution in [2.24, 2.45) is 0 Å². The molecule has 1 N–H and O–H groups in total. The second-order valence-corrected chi connectivity index (χ2v) is 14.2. The molecule has 1 amide bonds. The van der Waals surface area contributed by atoms with E-state index in [9.17, 15) is 4.79 Å². The molecule has 2 saturated heterocycles. The smallest absolute Gasteiger partial charge is 0.253 e. The molecule has 3 heterocycles. The Morgan fingerprint density at radius 2 is 1.70 bits per heavy atom. The molecule has 0 unspecified atom stereocenters. The lowest BCUT2D eigenvalue weighted by atomic mass is 9.93. The first-order chi connectivity index (χ1) is 21.4. The molecule has 8 heteroatoms. The highest BCUT2D eigenvalue weighted by Crippen LogP contribution is 2.46. The maximum Gasteiger partial charge on any atom is 0.253 e. The summed E-state index contributed by atoms with van der Waals surface area (Å²) in [6.45, 7) is 5.10. The number of carbonyl (C=O) groups is 1. The third-order valence-corrected chi connectivity index (χ3v) is 11.2. The van der Waals surface area contributed by atoms with Gasteiger partial charge in [-0.05, 0) is 107 Å². The molecule has 228 valence electrons. The van der Waals surface area contributed by atoms with Gasteiger partial charge in [0.15, 0.2) is 0 Å². The Bertz CT molecular complexity index is 1680. The SMILES string of the molecule is CSc1ccc2nc(-c3ccc(Cl)c(Cl)c3)c(CN3CCC(N4CCCC4)CC3)c(C(=O)NC3(c4ccccc4)CC3)c2c1. The molecule has 4 aromatic rings. The van der Waals surface area contributed by atoms with E-state index in [0.29, 0.717) is 22.6 Å². The standard InChI is InChI=1S/C36H38Cl2N4OS/c1-44-27-10-12-32-28(22-27)33(35(43)40-36(15-16-36)25-7-3-2-4-8-25)29(34(39-32)24-9-11-30(37)31(38)21-24)23-41-19-13-26(14-20-41)42-17-5-6-18-42/h2-4,7-12,21-22,26H,5-6,13-20,23H2,1H3,(H,40,43). The molecule has 7 rings (SSSR count). The molecular formula is C36H38Cl2N4OS. The van der Waals surface area contributed by atoms with Crippen LogP contribution in [0.2, 0.25) is 10.0 Å². The number of nitrogens with zero attached hydrogens (tertiary/aromatic N) is 3. The summed E-state index contributed by atoms with van der Waals surface area (Å²) >= 11 is 14.6. The summed E-state index contributed by atoms with van der Waals surface area (Å²) in [7, 11) is 0. The van der Waals surface area contributed by atoms with E-state index in [1.165, 1.54) is 25.9 Å². The van der Waals surface area contributed by atoms with Gasteiger partial charge >= 0.3 is 0 Å². The minimum atomic E-state index is -0.333. The molecule has 1 aliphatic carbocycles. The van der Waals surface area contributed by atoms with E-state index in [1.807, 2.05) is 42.5 Å². The van der Waals surface area contributed by atoms with Crippen LogP contribution in [-0.2, 0) is 12.1 Å². The Morgan fingerprint density at radius 3 is 2.39 bits per heavy atom. The number of hydrogen-bond donors (Lipinski definition) is 1. The molecule has 1 aromatic heterocycles. The first-order valence-electron chi connectivity index (χ1n) is 15.7. The van der Waals surface area contributed by atoms with Crippen LogP contribution in [0.3, 0.4) is 0 Å². The van der Waals surface area contributed by atoms with Crippen LogP contribution in [0.1, 0.15) is 60.0 Å². The normalized spacial score (nSPS) is 19.0. The molecule has 0 spiro atoms. The first-order valence-corrected chi connectivity index (χ1v) is 17.7. The number of carbonyl (C=O) groups excluding carboxylic acids is 1. The van der Waals surface area contributed by atoms with Crippen molar-refractivity contribution in [1.29, 1.82) is 0 Å². The Hall–Kier alpha value is -2.61. The number of thioether (sulfide) groups is 1. The van der Waals surface area contributed by atoms with E-state index < -0.39 is 0 Å². The van der Waals surface area contributed by atoms with Gasteiger partial charge in [0.25, 0.3) is 5.91 Å². The maximum absolute atomic E-state index is 14.7. The number of piperidine rings is 1. The van der Waals surface area contributed by atoms with Gasteiger partial charge in [0.2, 0.25) is 0 Å². The number of halogens is 2. The highest BCUT2D eigenvalue weighted by Gasteiger charge is 2.46. The van der Waals surface area contributed by atoms with Crippen molar-refractivity contribution >= 4 is 51.8 Å². The zero-order valence-corrected chi connectivity index (χ0v) is 27.4. The Morgan fingerprint density at radius 1 is 0.955 bits per heavy atom. The lowest BCUT2D eigenvalue weighted by Crippen LogP contribution is -2.43. The van der Waals surface area contributed by atoms with Gasteiger partial charge in [-0.25, -0.2) is 4.98 Å². The third kappa shape index (κ3) is 6.00. The van der Waals surface area contributed by atoms with Crippen LogP contribution in [0.15, 0.2) is 71.6 Å². The van der Waals surface area contributed by atoms with Gasteiger partial charge in [0.1, 0.15) is 0 Å². The van der Waals surface area contributed by atoms with Crippen molar-refractivity contribution in [3.8, 4) is 11.3 Å². The van der Waals surface area contributed by atoms with Crippen LogP contribution >= 0.6 is 35.0 Å². The Balaban J connectivity index is 1.33. The molecule has 2 aliphatic heterocycles. The fourth-order valence-electron chi connectivity index (χ4n) is 7.13. The fourth-order valence-corrected chi connectivity index (χ4v) is 7.86. The van der Waals surface area contributed by atoms with Crippen LogP contribution in [0.5, 0.6) is 0 Å². The summed E-state index contributed by atoms with van der Waals surface area (Å²) in [5, 5.41) is 5.38. The molecule has 44 heavy (non-hydrogen) atoms. The van der Waals surface area contributed by atoms with E-state index in [4.69, 9.17) is 28.2 Å². The summed E-state index contributed by atoms with van der Waals surface area (Å²) < 4.78 is 0. The molecular weight excluding hydrogens is 607 g/mol. The Labute approximate surface area is 274 Å². The summed E-state index contributed by atoms with van der Waals surface area (Å²) in [5.41, 5.74) is 4.97. The van der Waals surface area contributed by atoms with Crippen molar-refractivity contribution in [3.05, 3.63) is 93.5 Å². The highest BCUT2D eigenvalue weighted by molar-refractivity contribution is 7.98. The molecule has 0 atom stereocenters. The van der Waals surface area contributed by atoms with Crippen LogP contribution in [0, 0.1) is 0 Å². The van der Waals surface area contributed by atoms with Crippen LogP contribution in [0.4, 0.5) is 0 Å². The van der Waals surface area contributed by atoms with Gasteiger partial charge in [-0.3, -0.25) is 9.69 Å². The number of likely N-dealkylation sites (tertiary alicyclic amines) is 2. The third-order valence-electron chi connectivity index (χ3n) is 9.74. The summed E-state index contributed by atoms with van der Waals surface area (Å²) in [5.74, 6) is -0.0414. The Kier molecular flexibility index (Phi) is 8.64. The molecule has 1 saturated carbocycles. The predicted octanol–water partition coefficient (Wildman–Crippen LogP) is 8.41. The number of benzene rings is 3. The molecule has 3 aromatic carbocycles. The lowest BCUT2D eigenvalue weighted by Gasteiger charge is -2.37. The highest BCUT2D eigenvalue weighted by atomic mass is 35.5. The number of hydrogen-bond acceptors (Lipinski definition) is 5. The largest absolute Gasteiger partial charge is 0.342 e. The van der Waals surface area contributed by atoms with Gasteiger partial charge < -0.3 is 10.2 Å². The minimum absolute atomic E-state index is 0.0414. The lowest BCUT2D eigenvalue weighted by molar-refractivity contribution is 0.0927. The van der Waals surface area contributed by atoms with Gasteiger partial charge in [0.05, 0.1) is 32.4 Å². The predicted molar refractivity (Wildman–Crippen MR) is 183 cm³/mol. The van der Waals surface area contributed by atoms with E-state index >= 15 is 0 Å². The quantitative estimate of drug-likeness (QED) is 0.195. The van der Waals surface area contributed by atoms with Crippen molar-refractivity contribution in [2.45, 2.75) is 61.5 Å². The first kappa shape index (κ1) is 30.1. The van der Waals surface area contributed by atoms with Gasteiger partial charge in [0, 0.05) is 34.0 Å². The van der Waals surface area contributed by atoms with Gasteiger partial charge in [-0.1, -0.05) is 59.6 Å². The molecule has 3 fully saturated rings. The summed E-state index contributed by atoms with van der Waals surface area (Å²) in [6, 6.07) is 22.9. The van der Waals surface area contributed by atoms with Crippen molar-refractivity contribution < 1.29 is 4.79 Å². The molecule has 3 aliphatic rings. The van der Waals surface area contributed by atoms with E-state index in [-0.39, 0.29) is 11.4 Å². The van der Waals surface area contributed by atoms with Crippen LogP contribution in [0.25, 0.3) is 22.2 Å². The number of amides is 1. The monoisotopic (exact) mass is 644 g/mol. The zero-order valence-electron chi connectivity index (χ0n) is 25.1. The molecule has 0 radical (unpaired) electrons. The van der Waals surface area contributed by atoms with Crippen molar-refractivity contribution in [2.75, 3.05) is 32.4 Å². The van der Waals surface area contributed by atoms with E-state index in [0.717, 1.165) is 82.5 Å². The van der Waals surface area contributed by atoms with Gasteiger partial charge in [-0.15, -0.1) is 11.8 Å². The maximum atomic E-state index is 14.7. The number of nitrogens with one attached hydrogen (secondary N) is 1. The average molecular weight is 646 g/mol. The average Bonchev–Trinajstić information content (AvgIpc) is 3.62.